The quantitative estimate of drug-likeness (QED) is 0.849. The van der Waals surface area contributed by atoms with E-state index in [0.29, 0.717) is 18.7 Å². The van der Waals surface area contributed by atoms with Gasteiger partial charge in [0.25, 0.3) is 0 Å². The fourth-order valence-corrected chi connectivity index (χ4v) is 4.54. The molecule has 5 nitrogen and oxygen atoms in total. The number of carbonyl (C=O) groups excluding carboxylic acids is 1. The van der Waals surface area contributed by atoms with Crippen molar-refractivity contribution in [2.75, 3.05) is 18.8 Å². The van der Waals surface area contributed by atoms with Gasteiger partial charge in [-0.3, -0.25) is 4.79 Å². The van der Waals surface area contributed by atoms with E-state index in [-0.39, 0.29) is 23.7 Å². The molecule has 0 aromatic heterocycles. The number of piperazine rings is 1. The third-order valence-corrected chi connectivity index (χ3v) is 5.48. The van der Waals surface area contributed by atoms with Crippen molar-refractivity contribution in [2.24, 2.45) is 0 Å². The van der Waals surface area contributed by atoms with E-state index < -0.39 is 15.6 Å². The number of carbonyl (C=O) groups is 1. The summed E-state index contributed by atoms with van der Waals surface area (Å²) < 4.78 is 25.3. The molecule has 0 aliphatic carbocycles. The van der Waals surface area contributed by atoms with Crippen molar-refractivity contribution < 1.29 is 13.2 Å². The fourth-order valence-electron chi connectivity index (χ4n) is 2.74. The maximum absolute atomic E-state index is 12.3. The standard InChI is InChI=1S/C15H21BrN2O3S/c1-11-7-18(8-12(2)17-11)15(19)10-22(20,21)9-13-4-3-5-14(16)6-13/h3-6,11-12,17H,7-10H2,1-2H3. The zero-order valence-electron chi connectivity index (χ0n) is 12.8. The van der Waals surface area contributed by atoms with Crippen LogP contribution in [0, 0.1) is 0 Å². The number of benzene rings is 1. The number of rotatable bonds is 4. The van der Waals surface area contributed by atoms with Crippen molar-refractivity contribution in [3.8, 4) is 0 Å². The van der Waals surface area contributed by atoms with Crippen LogP contribution in [0.25, 0.3) is 0 Å². The normalized spacial score (nSPS) is 22.6. The number of hydrogen-bond acceptors (Lipinski definition) is 4. The van der Waals surface area contributed by atoms with E-state index in [4.69, 9.17) is 0 Å². The van der Waals surface area contributed by atoms with Crippen molar-refractivity contribution in [3.63, 3.8) is 0 Å². The largest absolute Gasteiger partial charge is 0.339 e. The van der Waals surface area contributed by atoms with Crippen LogP contribution in [0.4, 0.5) is 0 Å². The van der Waals surface area contributed by atoms with E-state index in [1.54, 1.807) is 23.1 Å². The summed E-state index contributed by atoms with van der Waals surface area (Å²) in [7, 11) is -3.47. The van der Waals surface area contributed by atoms with Crippen molar-refractivity contribution >= 4 is 31.7 Å². The molecule has 2 atom stereocenters. The Labute approximate surface area is 140 Å². The molecule has 1 N–H and O–H groups in total. The van der Waals surface area contributed by atoms with Gasteiger partial charge in [-0.05, 0) is 31.5 Å². The summed E-state index contributed by atoms with van der Waals surface area (Å²) in [6.45, 7) is 5.09. The number of nitrogens with zero attached hydrogens (tertiary/aromatic N) is 1. The summed E-state index contributed by atoms with van der Waals surface area (Å²) in [4.78, 5) is 13.9. The van der Waals surface area contributed by atoms with Crippen LogP contribution in [0.2, 0.25) is 0 Å². The minimum Gasteiger partial charge on any atom is -0.339 e. The van der Waals surface area contributed by atoms with Gasteiger partial charge < -0.3 is 10.2 Å². The van der Waals surface area contributed by atoms with Crippen LogP contribution in [0.3, 0.4) is 0 Å². The summed E-state index contributed by atoms with van der Waals surface area (Å²) in [6.07, 6.45) is 0. The highest BCUT2D eigenvalue weighted by Crippen LogP contribution is 2.15. The van der Waals surface area contributed by atoms with Gasteiger partial charge in [0.1, 0.15) is 5.75 Å². The number of halogens is 1. The van der Waals surface area contributed by atoms with Crippen LogP contribution in [0.5, 0.6) is 0 Å². The summed E-state index contributed by atoms with van der Waals surface area (Å²) in [5, 5.41) is 3.32. The maximum Gasteiger partial charge on any atom is 0.237 e. The van der Waals surface area contributed by atoms with Crippen LogP contribution in [-0.2, 0) is 20.4 Å². The van der Waals surface area contributed by atoms with Crippen molar-refractivity contribution in [2.45, 2.75) is 31.7 Å². The average molecular weight is 389 g/mol. The smallest absolute Gasteiger partial charge is 0.237 e. The molecule has 7 heteroatoms. The number of sulfone groups is 1. The highest BCUT2D eigenvalue weighted by atomic mass is 79.9. The molecule has 2 rings (SSSR count). The van der Waals surface area contributed by atoms with Crippen molar-refractivity contribution in [1.29, 1.82) is 0 Å². The van der Waals surface area contributed by atoms with E-state index >= 15 is 0 Å². The zero-order valence-corrected chi connectivity index (χ0v) is 15.2. The van der Waals surface area contributed by atoms with Gasteiger partial charge in [0.2, 0.25) is 5.91 Å². The first kappa shape index (κ1) is 17.4. The lowest BCUT2D eigenvalue weighted by molar-refractivity contribution is -0.130. The molecular weight excluding hydrogens is 368 g/mol. The second-order valence-electron chi connectivity index (χ2n) is 5.93. The molecule has 0 spiro atoms. The lowest BCUT2D eigenvalue weighted by Crippen LogP contribution is -2.56. The molecule has 0 bridgehead atoms. The Kier molecular flexibility index (Phi) is 5.63. The van der Waals surface area contributed by atoms with E-state index in [1.165, 1.54) is 0 Å². The summed E-state index contributed by atoms with van der Waals surface area (Å²) >= 11 is 3.32. The third-order valence-electron chi connectivity index (χ3n) is 3.53. The van der Waals surface area contributed by atoms with Crippen LogP contribution in [0.15, 0.2) is 28.7 Å². The molecule has 1 aliphatic heterocycles. The van der Waals surface area contributed by atoms with Crippen LogP contribution >= 0.6 is 15.9 Å². The maximum atomic E-state index is 12.3. The third kappa shape index (κ3) is 5.07. The Morgan fingerprint density at radius 1 is 1.32 bits per heavy atom. The molecule has 1 fully saturated rings. The lowest BCUT2D eigenvalue weighted by Gasteiger charge is -2.36. The minimum absolute atomic E-state index is 0.116. The van der Waals surface area contributed by atoms with Crippen LogP contribution in [0.1, 0.15) is 19.4 Å². The van der Waals surface area contributed by atoms with E-state index in [2.05, 4.69) is 21.2 Å². The highest BCUT2D eigenvalue weighted by molar-refractivity contribution is 9.10. The highest BCUT2D eigenvalue weighted by Gasteiger charge is 2.28. The van der Waals surface area contributed by atoms with Gasteiger partial charge in [-0.25, -0.2) is 8.42 Å². The summed E-state index contributed by atoms with van der Waals surface area (Å²) in [5.41, 5.74) is 0.684. The molecular formula is C15H21BrN2O3S. The topological polar surface area (TPSA) is 66.5 Å². The number of nitrogens with one attached hydrogen (secondary N) is 1. The summed E-state index contributed by atoms with van der Waals surface area (Å²) in [6, 6.07) is 7.50. The Morgan fingerprint density at radius 2 is 1.95 bits per heavy atom. The molecule has 1 amide bonds. The van der Waals surface area contributed by atoms with Gasteiger partial charge in [0.05, 0.1) is 5.75 Å². The molecule has 0 saturated carbocycles. The minimum atomic E-state index is -3.47. The molecule has 0 radical (unpaired) electrons. The monoisotopic (exact) mass is 388 g/mol. The summed E-state index contributed by atoms with van der Waals surface area (Å²) in [5.74, 6) is -0.857. The molecule has 122 valence electrons. The predicted octanol–water partition coefficient (Wildman–Crippen LogP) is 1.57. The lowest BCUT2D eigenvalue weighted by atomic mass is 10.1. The van der Waals surface area contributed by atoms with Gasteiger partial charge in [0, 0.05) is 29.6 Å². The van der Waals surface area contributed by atoms with Crippen molar-refractivity contribution in [3.05, 3.63) is 34.3 Å². The van der Waals surface area contributed by atoms with Gasteiger partial charge in [-0.15, -0.1) is 0 Å². The first-order chi connectivity index (χ1) is 10.2. The molecule has 1 saturated heterocycles. The second-order valence-corrected chi connectivity index (χ2v) is 8.91. The average Bonchev–Trinajstić information content (AvgIpc) is 2.36. The zero-order chi connectivity index (χ0) is 16.3. The number of amides is 1. The molecule has 2 unspecified atom stereocenters. The first-order valence-electron chi connectivity index (χ1n) is 7.24. The first-order valence-corrected chi connectivity index (χ1v) is 9.85. The van der Waals surface area contributed by atoms with Gasteiger partial charge in [0.15, 0.2) is 9.84 Å². The predicted molar refractivity (Wildman–Crippen MR) is 90.3 cm³/mol. The number of hydrogen-bond donors (Lipinski definition) is 1. The molecule has 1 aliphatic rings. The van der Waals surface area contributed by atoms with E-state index in [9.17, 15) is 13.2 Å². The molecule has 1 aromatic rings. The molecule has 1 aromatic carbocycles. The molecule has 22 heavy (non-hydrogen) atoms. The Hall–Kier alpha value is -0.920. The fraction of sp³-hybridized carbons (Fsp3) is 0.533. The molecule has 1 heterocycles. The SMILES string of the molecule is CC1CN(C(=O)CS(=O)(=O)Cc2cccc(Br)c2)CC(C)N1. The van der Waals surface area contributed by atoms with Crippen LogP contribution < -0.4 is 5.32 Å². The van der Waals surface area contributed by atoms with Crippen molar-refractivity contribution in [1.82, 2.24) is 10.2 Å². The van der Waals surface area contributed by atoms with Crippen LogP contribution in [-0.4, -0.2) is 50.2 Å². The van der Waals surface area contributed by atoms with E-state index in [0.717, 1.165) is 4.47 Å². The Bertz CT molecular complexity index is 638. The Balaban J connectivity index is 2.00. The second kappa shape index (κ2) is 7.10. The Morgan fingerprint density at radius 3 is 2.55 bits per heavy atom. The van der Waals surface area contributed by atoms with Gasteiger partial charge >= 0.3 is 0 Å². The van der Waals surface area contributed by atoms with Gasteiger partial charge in [-0.2, -0.15) is 0 Å². The van der Waals surface area contributed by atoms with Gasteiger partial charge in [-0.1, -0.05) is 28.1 Å². The van der Waals surface area contributed by atoms with E-state index in [1.807, 2.05) is 19.9 Å².